The zero-order valence-electron chi connectivity index (χ0n) is 17.7. The van der Waals surface area contributed by atoms with Crippen LogP contribution >= 0.6 is 0 Å². The van der Waals surface area contributed by atoms with Crippen LogP contribution in [0.4, 0.5) is 0 Å². The maximum absolute atomic E-state index is 13.2. The number of benzene rings is 1. The van der Waals surface area contributed by atoms with Crippen molar-refractivity contribution in [1.29, 1.82) is 0 Å². The Balaban J connectivity index is 1.65. The van der Waals surface area contributed by atoms with Crippen LogP contribution < -0.4 is 0 Å². The fourth-order valence-corrected chi connectivity index (χ4v) is 5.08. The second-order valence-electron chi connectivity index (χ2n) is 7.28. The Morgan fingerprint density at radius 3 is 2.63 bits per heavy atom. The summed E-state index contributed by atoms with van der Waals surface area (Å²) in [5, 5.41) is 0.794. The molecule has 1 saturated heterocycles. The Bertz CT molecular complexity index is 987. The number of carbonyl (C=O) groups is 1. The van der Waals surface area contributed by atoms with Crippen molar-refractivity contribution in [2.45, 2.75) is 31.8 Å². The van der Waals surface area contributed by atoms with E-state index in [0.717, 1.165) is 10.9 Å². The van der Waals surface area contributed by atoms with Crippen LogP contribution in [0.5, 0.6) is 0 Å². The lowest BCUT2D eigenvalue weighted by atomic mass is 10.2. The van der Waals surface area contributed by atoms with Crippen molar-refractivity contribution in [3.05, 3.63) is 36.0 Å². The molecular weight excluding hydrogens is 406 g/mol. The van der Waals surface area contributed by atoms with Gasteiger partial charge in [-0.25, -0.2) is 8.42 Å². The molecule has 1 unspecified atom stereocenters. The quantitative estimate of drug-likeness (QED) is 0.588. The van der Waals surface area contributed by atoms with Crippen LogP contribution in [-0.2, 0) is 24.3 Å². The molecule has 8 nitrogen and oxygen atoms in total. The highest BCUT2D eigenvalue weighted by Crippen LogP contribution is 2.25. The van der Waals surface area contributed by atoms with Gasteiger partial charge in [-0.1, -0.05) is 12.1 Å². The summed E-state index contributed by atoms with van der Waals surface area (Å²) in [5.41, 5.74) is 1.44. The first-order valence-electron chi connectivity index (χ1n) is 10.2. The molecule has 30 heavy (non-hydrogen) atoms. The predicted molar refractivity (Wildman–Crippen MR) is 114 cm³/mol. The van der Waals surface area contributed by atoms with Crippen molar-refractivity contribution in [2.75, 3.05) is 46.0 Å². The van der Waals surface area contributed by atoms with E-state index >= 15 is 0 Å². The summed E-state index contributed by atoms with van der Waals surface area (Å²) in [7, 11) is -3.71. The third kappa shape index (κ3) is 4.97. The van der Waals surface area contributed by atoms with E-state index in [-0.39, 0.29) is 23.9 Å². The van der Waals surface area contributed by atoms with Gasteiger partial charge in [0.1, 0.15) is 11.0 Å². The number of rotatable bonds is 8. The maximum Gasteiger partial charge on any atom is 0.251 e. The van der Waals surface area contributed by atoms with Gasteiger partial charge in [0.05, 0.1) is 18.7 Å². The van der Waals surface area contributed by atoms with E-state index in [9.17, 15) is 13.2 Å². The lowest BCUT2D eigenvalue weighted by Crippen LogP contribution is -2.52. The SMILES string of the molecule is CCOCCOC(C)C(=O)N1CCN(S(=O)(=O)c2cccc3cc(C)cnc23)CC1. The number of aromatic nitrogens is 1. The summed E-state index contributed by atoms with van der Waals surface area (Å²) in [6, 6.07) is 7.10. The van der Waals surface area contributed by atoms with Crippen LogP contribution in [0.3, 0.4) is 0 Å². The number of pyridine rings is 1. The van der Waals surface area contributed by atoms with Crippen molar-refractivity contribution < 1.29 is 22.7 Å². The molecule has 2 aromatic rings. The number of nitrogens with zero attached hydrogens (tertiary/aromatic N) is 3. The normalized spacial score (nSPS) is 16.7. The highest BCUT2D eigenvalue weighted by atomic mass is 32.2. The molecule has 1 aromatic heterocycles. The van der Waals surface area contributed by atoms with E-state index in [1.54, 1.807) is 30.2 Å². The van der Waals surface area contributed by atoms with Gasteiger partial charge in [-0.15, -0.1) is 0 Å². The van der Waals surface area contributed by atoms with Crippen molar-refractivity contribution >= 4 is 26.8 Å². The molecule has 2 heterocycles. The molecule has 0 spiro atoms. The molecule has 0 bridgehead atoms. The number of amides is 1. The molecule has 0 radical (unpaired) electrons. The van der Waals surface area contributed by atoms with Gasteiger partial charge in [0, 0.05) is 44.4 Å². The summed E-state index contributed by atoms with van der Waals surface area (Å²) in [6.07, 6.45) is 1.09. The monoisotopic (exact) mass is 435 g/mol. The average molecular weight is 436 g/mol. The fraction of sp³-hybridized carbons (Fsp3) is 0.524. The summed E-state index contributed by atoms with van der Waals surface area (Å²) in [6.45, 7) is 8.06. The summed E-state index contributed by atoms with van der Waals surface area (Å²) < 4.78 is 38.6. The standard InChI is InChI=1S/C21H29N3O5S/c1-4-28-12-13-29-17(3)21(25)23-8-10-24(11-9-23)30(26,27)19-7-5-6-18-14-16(2)15-22-20(18)19/h5-7,14-15,17H,4,8-13H2,1-3H3. The zero-order valence-corrected chi connectivity index (χ0v) is 18.5. The minimum atomic E-state index is -3.71. The minimum Gasteiger partial charge on any atom is -0.379 e. The number of fused-ring (bicyclic) bond motifs is 1. The van der Waals surface area contributed by atoms with E-state index in [2.05, 4.69) is 4.98 Å². The highest BCUT2D eigenvalue weighted by molar-refractivity contribution is 7.89. The molecule has 0 saturated carbocycles. The number of hydrogen-bond donors (Lipinski definition) is 0. The lowest BCUT2D eigenvalue weighted by molar-refractivity contribution is -0.144. The highest BCUT2D eigenvalue weighted by Gasteiger charge is 2.32. The number of para-hydroxylation sites is 1. The van der Waals surface area contributed by atoms with Crippen molar-refractivity contribution in [1.82, 2.24) is 14.2 Å². The number of hydrogen-bond acceptors (Lipinski definition) is 6. The van der Waals surface area contributed by atoms with Gasteiger partial charge in [0.15, 0.2) is 0 Å². The topological polar surface area (TPSA) is 89.0 Å². The summed E-state index contributed by atoms with van der Waals surface area (Å²) in [4.78, 5) is 18.8. The Morgan fingerprint density at radius 1 is 1.20 bits per heavy atom. The van der Waals surface area contributed by atoms with Crippen molar-refractivity contribution in [2.24, 2.45) is 0 Å². The number of piperazine rings is 1. The van der Waals surface area contributed by atoms with Crippen LogP contribution in [0.25, 0.3) is 10.9 Å². The predicted octanol–water partition coefficient (Wildman–Crippen LogP) is 1.82. The molecule has 164 valence electrons. The van der Waals surface area contributed by atoms with Gasteiger partial charge in [-0.05, 0) is 38.5 Å². The molecule has 1 aliphatic rings. The first-order chi connectivity index (χ1) is 14.3. The molecule has 1 amide bonds. The van der Waals surface area contributed by atoms with Crippen LogP contribution in [0.15, 0.2) is 35.4 Å². The Morgan fingerprint density at radius 2 is 1.93 bits per heavy atom. The Hall–Kier alpha value is -2.07. The molecular formula is C21H29N3O5S. The van der Waals surface area contributed by atoms with E-state index < -0.39 is 16.1 Å². The summed E-state index contributed by atoms with van der Waals surface area (Å²) >= 11 is 0. The lowest BCUT2D eigenvalue weighted by Gasteiger charge is -2.35. The molecule has 9 heteroatoms. The van der Waals surface area contributed by atoms with Gasteiger partial charge in [0.25, 0.3) is 5.91 Å². The minimum absolute atomic E-state index is 0.133. The second-order valence-corrected chi connectivity index (χ2v) is 9.19. The van der Waals surface area contributed by atoms with Crippen molar-refractivity contribution in [3.8, 4) is 0 Å². The van der Waals surface area contributed by atoms with Gasteiger partial charge < -0.3 is 14.4 Å². The average Bonchev–Trinajstić information content (AvgIpc) is 2.75. The van der Waals surface area contributed by atoms with Crippen molar-refractivity contribution in [3.63, 3.8) is 0 Å². The number of sulfonamides is 1. The molecule has 0 aliphatic carbocycles. The second kappa shape index (κ2) is 9.82. The molecule has 1 aromatic carbocycles. The molecule has 1 fully saturated rings. The zero-order chi connectivity index (χ0) is 21.7. The number of aryl methyl sites for hydroxylation is 1. The van der Waals surface area contributed by atoms with Gasteiger partial charge in [-0.2, -0.15) is 4.31 Å². The van der Waals surface area contributed by atoms with Crippen LogP contribution in [0.1, 0.15) is 19.4 Å². The fourth-order valence-electron chi connectivity index (χ4n) is 3.50. The van der Waals surface area contributed by atoms with E-state index in [0.29, 0.717) is 38.4 Å². The Labute approximate surface area is 177 Å². The smallest absolute Gasteiger partial charge is 0.251 e. The molecule has 0 N–H and O–H groups in total. The first kappa shape index (κ1) is 22.6. The third-order valence-electron chi connectivity index (χ3n) is 5.13. The van der Waals surface area contributed by atoms with E-state index in [1.807, 2.05) is 26.0 Å². The van der Waals surface area contributed by atoms with Crippen LogP contribution in [-0.4, -0.2) is 80.6 Å². The maximum atomic E-state index is 13.2. The van der Waals surface area contributed by atoms with E-state index in [1.165, 1.54) is 4.31 Å². The third-order valence-corrected chi connectivity index (χ3v) is 7.06. The van der Waals surface area contributed by atoms with Gasteiger partial charge >= 0.3 is 0 Å². The van der Waals surface area contributed by atoms with Gasteiger partial charge in [-0.3, -0.25) is 9.78 Å². The van der Waals surface area contributed by atoms with E-state index in [4.69, 9.17) is 9.47 Å². The summed E-state index contributed by atoms with van der Waals surface area (Å²) in [5.74, 6) is -0.133. The molecule has 1 aliphatic heterocycles. The number of ether oxygens (including phenoxy) is 2. The first-order valence-corrected chi connectivity index (χ1v) is 11.6. The number of carbonyl (C=O) groups excluding carboxylic acids is 1. The molecule has 1 atom stereocenters. The largest absolute Gasteiger partial charge is 0.379 e. The van der Waals surface area contributed by atoms with Gasteiger partial charge in [0.2, 0.25) is 10.0 Å². The Kier molecular flexibility index (Phi) is 7.41. The van der Waals surface area contributed by atoms with Crippen LogP contribution in [0, 0.1) is 6.92 Å². The molecule has 3 rings (SSSR count). The van der Waals surface area contributed by atoms with Crippen LogP contribution in [0.2, 0.25) is 0 Å².